The molecular formula is C16H25NO2. The van der Waals surface area contributed by atoms with Crippen LogP contribution in [0.15, 0.2) is 24.3 Å². The van der Waals surface area contributed by atoms with Crippen molar-refractivity contribution in [2.24, 2.45) is 0 Å². The number of hydrogen-bond donors (Lipinski definition) is 1. The van der Waals surface area contributed by atoms with Crippen LogP contribution in [0.25, 0.3) is 0 Å². The fourth-order valence-electron chi connectivity index (χ4n) is 1.97. The van der Waals surface area contributed by atoms with E-state index in [1.54, 1.807) is 19.2 Å². The van der Waals surface area contributed by atoms with E-state index in [9.17, 15) is 4.79 Å². The molecule has 0 atom stereocenters. The molecule has 1 aromatic carbocycles. The number of rotatable bonds is 9. The fraction of sp³-hybridized carbons (Fsp3) is 0.562. The second-order valence-corrected chi connectivity index (χ2v) is 4.76. The minimum absolute atomic E-state index is 0.0209. The molecule has 0 aliphatic heterocycles. The molecule has 0 spiro atoms. The third-order valence-corrected chi connectivity index (χ3v) is 3.15. The molecule has 0 aliphatic carbocycles. The monoisotopic (exact) mass is 263 g/mol. The molecule has 3 heteroatoms. The Bertz CT molecular complexity index is 377. The van der Waals surface area contributed by atoms with Crippen molar-refractivity contribution in [3.05, 3.63) is 29.8 Å². The molecule has 1 N–H and O–H groups in total. The average molecular weight is 263 g/mol. The van der Waals surface area contributed by atoms with Crippen LogP contribution in [0.2, 0.25) is 0 Å². The predicted molar refractivity (Wildman–Crippen MR) is 78.7 cm³/mol. The van der Waals surface area contributed by atoms with Gasteiger partial charge in [-0.25, -0.2) is 0 Å². The summed E-state index contributed by atoms with van der Waals surface area (Å²) in [5, 5.41) is 2.95. The van der Waals surface area contributed by atoms with Crippen molar-refractivity contribution >= 4 is 5.91 Å². The molecule has 0 aliphatic rings. The lowest BCUT2D eigenvalue weighted by molar-refractivity contribution is 0.0952. The van der Waals surface area contributed by atoms with Gasteiger partial charge in [0.2, 0.25) is 0 Å². The molecule has 0 unspecified atom stereocenters. The summed E-state index contributed by atoms with van der Waals surface area (Å²) in [6.45, 7) is 2.97. The molecular weight excluding hydrogens is 238 g/mol. The highest BCUT2D eigenvalue weighted by molar-refractivity contribution is 5.94. The highest BCUT2D eigenvalue weighted by Gasteiger charge is 2.05. The topological polar surface area (TPSA) is 38.3 Å². The van der Waals surface area contributed by atoms with Crippen molar-refractivity contribution in [1.82, 2.24) is 5.32 Å². The van der Waals surface area contributed by atoms with Gasteiger partial charge in [-0.3, -0.25) is 4.79 Å². The Morgan fingerprint density at radius 2 is 1.89 bits per heavy atom. The van der Waals surface area contributed by atoms with E-state index in [1.807, 2.05) is 12.1 Å². The predicted octanol–water partition coefficient (Wildman–Crippen LogP) is 3.79. The van der Waals surface area contributed by atoms with Crippen LogP contribution in [-0.4, -0.2) is 19.6 Å². The zero-order valence-electron chi connectivity index (χ0n) is 12.1. The summed E-state index contributed by atoms with van der Waals surface area (Å²) in [6.07, 6.45) is 7.41. The summed E-state index contributed by atoms with van der Waals surface area (Å²) in [4.78, 5) is 11.9. The summed E-state index contributed by atoms with van der Waals surface area (Å²) in [7, 11) is 1.60. The number of carbonyl (C=O) groups is 1. The Balaban J connectivity index is 2.20. The van der Waals surface area contributed by atoms with Gasteiger partial charge in [-0.05, 0) is 24.6 Å². The number of nitrogens with one attached hydrogen (secondary N) is 1. The van der Waals surface area contributed by atoms with E-state index in [-0.39, 0.29) is 5.91 Å². The first-order valence-corrected chi connectivity index (χ1v) is 7.20. The second-order valence-electron chi connectivity index (χ2n) is 4.76. The Morgan fingerprint density at radius 1 is 1.16 bits per heavy atom. The number of hydrogen-bond acceptors (Lipinski definition) is 2. The molecule has 1 amide bonds. The summed E-state index contributed by atoms with van der Waals surface area (Å²) in [6, 6.07) is 7.23. The van der Waals surface area contributed by atoms with E-state index in [0.29, 0.717) is 11.3 Å². The molecule has 0 saturated heterocycles. The van der Waals surface area contributed by atoms with Crippen molar-refractivity contribution in [1.29, 1.82) is 0 Å². The Labute approximate surface area is 116 Å². The standard InChI is InChI=1S/C16H25NO2/c1-3-4-5-6-7-8-12-17-16(18)14-10-9-11-15(13-14)19-2/h9-11,13H,3-8,12H2,1-2H3,(H,17,18). The van der Waals surface area contributed by atoms with Gasteiger partial charge in [0.05, 0.1) is 7.11 Å². The van der Waals surface area contributed by atoms with Crippen LogP contribution in [0.5, 0.6) is 5.75 Å². The SMILES string of the molecule is CCCCCCCCNC(=O)c1cccc(OC)c1. The molecule has 0 saturated carbocycles. The molecule has 3 nitrogen and oxygen atoms in total. The number of benzene rings is 1. The van der Waals surface area contributed by atoms with Gasteiger partial charge in [0.15, 0.2) is 0 Å². The van der Waals surface area contributed by atoms with Crippen molar-refractivity contribution in [2.45, 2.75) is 45.4 Å². The first kappa shape index (κ1) is 15.5. The number of unbranched alkanes of at least 4 members (excludes halogenated alkanes) is 5. The van der Waals surface area contributed by atoms with Crippen LogP contribution in [0, 0.1) is 0 Å². The van der Waals surface area contributed by atoms with E-state index in [1.165, 1.54) is 32.1 Å². The quantitative estimate of drug-likeness (QED) is 0.688. The fourth-order valence-corrected chi connectivity index (χ4v) is 1.97. The first-order valence-electron chi connectivity index (χ1n) is 7.20. The smallest absolute Gasteiger partial charge is 0.251 e. The number of methoxy groups -OCH3 is 1. The number of amides is 1. The normalized spacial score (nSPS) is 10.2. The Morgan fingerprint density at radius 3 is 2.63 bits per heavy atom. The van der Waals surface area contributed by atoms with Crippen molar-refractivity contribution in [3.63, 3.8) is 0 Å². The summed E-state index contributed by atoms with van der Waals surface area (Å²) in [5.74, 6) is 0.694. The van der Waals surface area contributed by atoms with E-state index in [2.05, 4.69) is 12.2 Å². The number of ether oxygens (including phenoxy) is 1. The van der Waals surface area contributed by atoms with E-state index >= 15 is 0 Å². The van der Waals surface area contributed by atoms with Gasteiger partial charge < -0.3 is 10.1 Å². The lowest BCUT2D eigenvalue weighted by Gasteiger charge is -2.06. The summed E-state index contributed by atoms with van der Waals surface area (Å²) < 4.78 is 5.11. The summed E-state index contributed by atoms with van der Waals surface area (Å²) >= 11 is 0. The Hall–Kier alpha value is -1.51. The van der Waals surface area contributed by atoms with Crippen LogP contribution in [0.4, 0.5) is 0 Å². The summed E-state index contributed by atoms with van der Waals surface area (Å²) in [5.41, 5.74) is 0.658. The van der Waals surface area contributed by atoms with Crippen LogP contribution in [0.3, 0.4) is 0 Å². The van der Waals surface area contributed by atoms with Gasteiger partial charge in [0, 0.05) is 12.1 Å². The lowest BCUT2D eigenvalue weighted by atomic mass is 10.1. The van der Waals surface area contributed by atoms with Crippen molar-refractivity contribution < 1.29 is 9.53 Å². The second kappa shape index (κ2) is 9.42. The van der Waals surface area contributed by atoms with Gasteiger partial charge in [0.25, 0.3) is 5.91 Å². The maximum absolute atomic E-state index is 11.9. The maximum Gasteiger partial charge on any atom is 0.251 e. The van der Waals surface area contributed by atoms with Gasteiger partial charge in [-0.15, -0.1) is 0 Å². The van der Waals surface area contributed by atoms with Crippen molar-refractivity contribution in [2.75, 3.05) is 13.7 Å². The number of carbonyl (C=O) groups excluding carboxylic acids is 1. The van der Waals surface area contributed by atoms with Gasteiger partial charge >= 0.3 is 0 Å². The van der Waals surface area contributed by atoms with Crippen LogP contribution in [0.1, 0.15) is 55.8 Å². The van der Waals surface area contributed by atoms with Crippen LogP contribution < -0.4 is 10.1 Å². The van der Waals surface area contributed by atoms with Gasteiger partial charge in [-0.2, -0.15) is 0 Å². The maximum atomic E-state index is 11.9. The van der Waals surface area contributed by atoms with Crippen LogP contribution in [-0.2, 0) is 0 Å². The first-order chi connectivity index (χ1) is 9.27. The molecule has 0 fully saturated rings. The minimum Gasteiger partial charge on any atom is -0.497 e. The highest BCUT2D eigenvalue weighted by atomic mass is 16.5. The van der Waals surface area contributed by atoms with E-state index in [0.717, 1.165) is 13.0 Å². The van der Waals surface area contributed by atoms with Crippen LogP contribution >= 0.6 is 0 Å². The van der Waals surface area contributed by atoms with Crippen molar-refractivity contribution in [3.8, 4) is 5.75 Å². The lowest BCUT2D eigenvalue weighted by Crippen LogP contribution is -2.24. The molecule has 0 aromatic heterocycles. The zero-order valence-corrected chi connectivity index (χ0v) is 12.1. The van der Waals surface area contributed by atoms with E-state index in [4.69, 9.17) is 4.74 Å². The minimum atomic E-state index is -0.0209. The zero-order chi connectivity index (χ0) is 13.9. The van der Waals surface area contributed by atoms with E-state index < -0.39 is 0 Å². The molecule has 0 heterocycles. The third-order valence-electron chi connectivity index (χ3n) is 3.15. The molecule has 1 rings (SSSR count). The third kappa shape index (κ3) is 6.27. The molecule has 0 bridgehead atoms. The Kier molecular flexibility index (Phi) is 7.71. The largest absolute Gasteiger partial charge is 0.497 e. The average Bonchev–Trinajstić information content (AvgIpc) is 2.46. The van der Waals surface area contributed by atoms with Gasteiger partial charge in [0.1, 0.15) is 5.75 Å². The molecule has 19 heavy (non-hydrogen) atoms. The van der Waals surface area contributed by atoms with Gasteiger partial charge in [-0.1, -0.05) is 45.1 Å². The highest BCUT2D eigenvalue weighted by Crippen LogP contribution is 2.12. The molecule has 1 aromatic rings. The molecule has 106 valence electrons. The molecule has 0 radical (unpaired) electrons.